The molecule has 3 aromatic rings. The Morgan fingerprint density at radius 3 is 2.02 bits per heavy atom. The number of hydrazine groups is 1. The molecule has 0 aromatic heterocycles. The molecule has 0 aliphatic rings. The van der Waals surface area contributed by atoms with E-state index in [2.05, 4.69) is 23.0 Å². The molecular formula is C41H56N4O4. The number of amides is 3. The number of ether oxygens (including phenoxy) is 1. The molecule has 0 aliphatic heterocycles. The van der Waals surface area contributed by atoms with Crippen molar-refractivity contribution in [1.82, 2.24) is 15.6 Å². The summed E-state index contributed by atoms with van der Waals surface area (Å²) in [6.45, 7) is 3.71. The van der Waals surface area contributed by atoms with Gasteiger partial charge in [0.25, 0.3) is 5.91 Å². The third-order valence-electron chi connectivity index (χ3n) is 8.20. The lowest BCUT2D eigenvalue weighted by Gasteiger charge is -2.25. The van der Waals surface area contributed by atoms with Crippen molar-refractivity contribution in [1.29, 1.82) is 0 Å². The van der Waals surface area contributed by atoms with Gasteiger partial charge in [-0.25, -0.2) is 0 Å². The molecule has 0 unspecified atom stereocenters. The second-order valence-electron chi connectivity index (χ2n) is 12.4. The Morgan fingerprint density at radius 1 is 0.714 bits per heavy atom. The van der Waals surface area contributed by atoms with Crippen LogP contribution in [0.15, 0.2) is 91.0 Å². The highest BCUT2D eigenvalue weighted by atomic mass is 16.5. The molecule has 3 rings (SSSR count). The average molecular weight is 669 g/mol. The maximum atomic E-state index is 13.2. The Hall–Kier alpha value is -4.59. The summed E-state index contributed by atoms with van der Waals surface area (Å²) in [6.07, 6.45) is 17.7. The van der Waals surface area contributed by atoms with Crippen LogP contribution in [-0.2, 0) is 20.8 Å². The van der Waals surface area contributed by atoms with Gasteiger partial charge in [-0.05, 0) is 60.7 Å². The molecule has 0 fully saturated rings. The fraction of sp³-hybridized carbons (Fsp3) is 0.439. The molecule has 49 heavy (non-hydrogen) atoms. The van der Waals surface area contributed by atoms with E-state index in [1.807, 2.05) is 84.9 Å². The van der Waals surface area contributed by atoms with Crippen LogP contribution in [0, 0.1) is 0 Å². The Kier molecular flexibility index (Phi) is 19.5. The summed E-state index contributed by atoms with van der Waals surface area (Å²) in [6, 6.07) is 26.8. The van der Waals surface area contributed by atoms with Gasteiger partial charge >= 0.3 is 0 Å². The zero-order valence-corrected chi connectivity index (χ0v) is 29.3. The van der Waals surface area contributed by atoms with Crippen molar-refractivity contribution < 1.29 is 19.1 Å². The molecule has 3 amide bonds. The van der Waals surface area contributed by atoms with Crippen LogP contribution in [0.2, 0.25) is 0 Å². The first kappa shape index (κ1) is 38.9. The fourth-order valence-corrected chi connectivity index (χ4v) is 5.31. The van der Waals surface area contributed by atoms with Crippen molar-refractivity contribution in [3.05, 3.63) is 102 Å². The van der Waals surface area contributed by atoms with Gasteiger partial charge in [-0.2, -0.15) is 0 Å². The maximum absolute atomic E-state index is 13.2. The highest BCUT2D eigenvalue weighted by Crippen LogP contribution is 2.17. The van der Waals surface area contributed by atoms with E-state index < -0.39 is 0 Å². The minimum absolute atomic E-state index is 0.0720. The number of rotatable bonds is 25. The highest BCUT2D eigenvalue weighted by molar-refractivity contribution is 5.94. The van der Waals surface area contributed by atoms with Gasteiger partial charge in [-0.1, -0.05) is 125 Å². The van der Waals surface area contributed by atoms with Gasteiger partial charge in [0, 0.05) is 25.6 Å². The van der Waals surface area contributed by atoms with E-state index in [4.69, 9.17) is 4.74 Å². The largest absolute Gasteiger partial charge is 0.494 e. The topological polar surface area (TPSA) is 99.8 Å². The summed E-state index contributed by atoms with van der Waals surface area (Å²) < 4.78 is 5.86. The summed E-state index contributed by atoms with van der Waals surface area (Å²) in [4.78, 5) is 37.8. The quantitative estimate of drug-likeness (QED) is 0.0481. The van der Waals surface area contributed by atoms with E-state index in [0.29, 0.717) is 38.2 Å². The van der Waals surface area contributed by atoms with Gasteiger partial charge in [0.05, 0.1) is 18.8 Å². The molecule has 0 aliphatic carbocycles. The summed E-state index contributed by atoms with van der Waals surface area (Å²) in [5.74, 6) is 0.163. The molecular weight excluding hydrogens is 612 g/mol. The van der Waals surface area contributed by atoms with Gasteiger partial charge in [-0.15, -0.1) is 0 Å². The molecule has 3 N–H and O–H groups in total. The summed E-state index contributed by atoms with van der Waals surface area (Å²) in [5.41, 5.74) is 5.92. The van der Waals surface area contributed by atoms with Crippen LogP contribution in [-0.4, -0.2) is 49.0 Å². The Morgan fingerprint density at radius 2 is 1.35 bits per heavy atom. The van der Waals surface area contributed by atoms with Crippen LogP contribution in [0.4, 0.5) is 5.69 Å². The van der Waals surface area contributed by atoms with E-state index in [1.165, 1.54) is 68.9 Å². The SMILES string of the molecule is CCCCCCCCCCCCNC(=O)CCCOc1ccc(NN(CCc2ccccc2)C(=O)CNC(=O)C=Cc2ccccc2)cc1. The molecule has 0 bridgehead atoms. The lowest BCUT2D eigenvalue weighted by Crippen LogP contribution is -2.44. The normalized spacial score (nSPS) is 10.9. The van der Waals surface area contributed by atoms with Crippen LogP contribution >= 0.6 is 0 Å². The predicted octanol–water partition coefficient (Wildman–Crippen LogP) is 8.11. The number of hydrogen-bond acceptors (Lipinski definition) is 5. The summed E-state index contributed by atoms with van der Waals surface area (Å²) in [5, 5.41) is 7.24. The molecule has 3 aromatic carbocycles. The van der Waals surface area contributed by atoms with E-state index in [1.54, 1.807) is 6.08 Å². The van der Waals surface area contributed by atoms with Crippen LogP contribution in [0.3, 0.4) is 0 Å². The van der Waals surface area contributed by atoms with Gasteiger partial charge in [0.1, 0.15) is 5.75 Å². The third kappa shape index (κ3) is 17.9. The molecule has 0 saturated carbocycles. The summed E-state index contributed by atoms with van der Waals surface area (Å²) >= 11 is 0. The van der Waals surface area contributed by atoms with Gasteiger partial charge in [0.2, 0.25) is 11.8 Å². The molecule has 0 saturated heterocycles. The van der Waals surface area contributed by atoms with Crippen molar-refractivity contribution in [2.45, 2.75) is 90.4 Å². The van der Waals surface area contributed by atoms with Crippen LogP contribution < -0.4 is 20.8 Å². The van der Waals surface area contributed by atoms with Gasteiger partial charge in [-0.3, -0.25) is 24.8 Å². The smallest absolute Gasteiger partial charge is 0.260 e. The summed E-state index contributed by atoms with van der Waals surface area (Å²) in [7, 11) is 0. The Balaban J connectivity index is 1.35. The van der Waals surface area contributed by atoms with Gasteiger partial charge < -0.3 is 15.4 Å². The number of nitrogens with zero attached hydrogens (tertiary/aromatic N) is 1. The predicted molar refractivity (Wildman–Crippen MR) is 200 cm³/mol. The Labute approximate surface area is 293 Å². The van der Waals surface area contributed by atoms with Gasteiger partial charge in [0.15, 0.2) is 0 Å². The van der Waals surface area contributed by atoms with Crippen LogP contribution in [0.1, 0.15) is 95.1 Å². The minimum atomic E-state index is -0.340. The zero-order valence-electron chi connectivity index (χ0n) is 29.3. The van der Waals surface area contributed by atoms with Crippen molar-refractivity contribution in [3.8, 4) is 5.75 Å². The van der Waals surface area contributed by atoms with E-state index >= 15 is 0 Å². The molecule has 8 heteroatoms. The number of carbonyl (C=O) groups excluding carboxylic acids is 3. The number of carbonyl (C=O) groups is 3. The molecule has 0 heterocycles. The first-order chi connectivity index (χ1) is 24.0. The van der Waals surface area contributed by atoms with E-state index in [-0.39, 0.29) is 24.3 Å². The first-order valence-corrected chi connectivity index (χ1v) is 18.1. The number of nitrogens with one attached hydrogen (secondary N) is 3. The average Bonchev–Trinajstić information content (AvgIpc) is 3.13. The van der Waals surface area contributed by atoms with Crippen LogP contribution in [0.5, 0.6) is 5.75 Å². The lowest BCUT2D eigenvalue weighted by atomic mass is 10.1. The number of anilines is 1. The lowest BCUT2D eigenvalue weighted by molar-refractivity contribution is -0.130. The van der Waals surface area contributed by atoms with Crippen molar-refractivity contribution >= 4 is 29.5 Å². The molecule has 264 valence electrons. The number of unbranched alkanes of at least 4 members (excludes halogenated alkanes) is 9. The molecule has 8 nitrogen and oxygen atoms in total. The Bertz CT molecular complexity index is 1360. The second kappa shape index (κ2) is 24.5. The van der Waals surface area contributed by atoms with E-state index in [9.17, 15) is 14.4 Å². The van der Waals surface area contributed by atoms with Crippen molar-refractivity contribution in [2.75, 3.05) is 31.7 Å². The second-order valence-corrected chi connectivity index (χ2v) is 12.4. The van der Waals surface area contributed by atoms with Crippen LogP contribution in [0.25, 0.3) is 6.08 Å². The monoisotopic (exact) mass is 668 g/mol. The van der Waals surface area contributed by atoms with E-state index in [0.717, 1.165) is 29.8 Å². The standard InChI is InChI=1S/C41H56N4O4/c1-2-3-4-5-6-7-8-9-10-17-31-42-39(46)23-18-33-49-38-27-25-37(26-28-38)44-45(32-30-36-21-15-12-16-22-36)41(48)34-43-40(47)29-24-35-19-13-11-14-20-35/h11-16,19-22,24-29,44H,2-10,17-18,23,30-34H2,1H3,(H,42,46)(H,43,47). The fourth-order valence-electron chi connectivity index (χ4n) is 5.31. The number of benzene rings is 3. The highest BCUT2D eigenvalue weighted by Gasteiger charge is 2.15. The maximum Gasteiger partial charge on any atom is 0.260 e. The molecule has 0 atom stereocenters. The van der Waals surface area contributed by atoms with Crippen molar-refractivity contribution in [2.24, 2.45) is 0 Å². The molecule has 0 radical (unpaired) electrons. The zero-order chi connectivity index (χ0) is 34.8. The third-order valence-corrected chi connectivity index (χ3v) is 8.20. The first-order valence-electron chi connectivity index (χ1n) is 18.1. The molecule has 0 spiro atoms. The number of hydrogen-bond donors (Lipinski definition) is 3. The minimum Gasteiger partial charge on any atom is -0.494 e. The van der Waals surface area contributed by atoms with Crippen molar-refractivity contribution in [3.63, 3.8) is 0 Å².